The van der Waals surface area contributed by atoms with E-state index in [0.717, 1.165) is 43.5 Å². The summed E-state index contributed by atoms with van der Waals surface area (Å²) >= 11 is 0. The Balaban J connectivity index is 2.51. The van der Waals surface area contributed by atoms with Gasteiger partial charge in [-0.1, -0.05) is 13.3 Å². The Bertz CT molecular complexity index is 385. The van der Waals surface area contributed by atoms with Crippen LogP contribution in [0.2, 0.25) is 0 Å². The highest BCUT2D eigenvalue weighted by Crippen LogP contribution is 2.26. The van der Waals surface area contributed by atoms with Crippen LogP contribution in [0.4, 0.5) is 4.39 Å². The van der Waals surface area contributed by atoms with Crippen molar-refractivity contribution in [1.82, 2.24) is 5.32 Å². The zero-order valence-electron chi connectivity index (χ0n) is 12.5. The average molecular weight is 283 g/mol. The first-order chi connectivity index (χ1) is 9.69. The monoisotopic (exact) mass is 283 g/mol. The van der Waals surface area contributed by atoms with Crippen LogP contribution in [0.3, 0.4) is 0 Å². The fourth-order valence-corrected chi connectivity index (χ4v) is 2.15. The lowest BCUT2D eigenvalue weighted by Gasteiger charge is -2.17. The topological polar surface area (TPSA) is 41.5 Å². The van der Waals surface area contributed by atoms with Gasteiger partial charge < -0.3 is 15.2 Å². The van der Waals surface area contributed by atoms with E-state index in [2.05, 4.69) is 5.32 Å². The Labute approximate surface area is 121 Å². The molecule has 20 heavy (non-hydrogen) atoms. The van der Waals surface area contributed by atoms with Crippen molar-refractivity contribution < 1.29 is 14.2 Å². The van der Waals surface area contributed by atoms with Gasteiger partial charge in [0, 0.05) is 18.2 Å². The van der Waals surface area contributed by atoms with Crippen LogP contribution in [0.25, 0.3) is 0 Å². The van der Waals surface area contributed by atoms with Crippen LogP contribution in [-0.2, 0) is 0 Å². The van der Waals surface area contributed by atoms with Gasteiger partial charge in [-0.3, -0.25) is 0 Å². The summed E-state index contributed by atoms with van der Waals surface area (Å²) in [6, 6.07) is 4.74. The smallest absolute Gasteiger partial charge is 0.124 e. The Morgan fingerprint density at radius 1 is 1.25 bits per heavy atom. The second-order valence-electron chi connectivity index (χ2n) is 4.95. The second-order valence-corrected chi connectivity index (χ2v) is 4.95. The molecule has 4 heteroatoms. The minimum atomic E-state index is -0.236. The van der Waals surface area contributed by atoms with E-state index in [0.29, 0.717) is 6.61 Å². The van der Waals surface area contributed by atoms with Gasteiger partial charge in [-0.05, 0) is 50.9 Å². The summed E-state index contributed by atoms with van der Waals surface area (Å²) in [7, 11) is 0. The zero-order valence-corrected chi connectivity index (χ0v) is 12.5. The van der Waals surface area contributed by atoms with Crippen molar-refractivity contribution in [3.8, 4) is 5.75 Å². The van der Waals surface area contributed by atoms with Gasteiger partial charge in [-0.15, -0.1) is 0 Å². The second kappa shape index (κ2) is 9.72. The van der Waals surface area contributed by atoms with Crippen molar-refractivity contribution in [2.24, 2.45) is 0 Å². The van der Waals surface area contributed by atoms with Gasteiger partial charge in [0.2, 0.25) is 0 Å². The lowest BCUT2D eigenvalue weighted by molar-refractivity contribution is 0.272. The van der Waals surface area contributed by atoms with Crippen LogP contribution < -0.4 is 10.1 Å². The van der Waals surface area contributed by atoms with E-state index in [1.165, 1.54) is 12.1 Å². The molecule has 0 aromatic heterocycles. The number of nitrogens with one attached hydrogen (secondary N) is 1. The number of rotatable bonds is 10. The number of ether oxygens (including phenoxy) is 1. The first-order valence-electron chi connectivity index (χ1n) is 7.45. The Morgan fingerprint density at radius 3 is 2.70 bits per heavy atom. The number of aliphatic hydroxyl groups is 1. The average Bonchev–Trinajstić information content (AvgIpc) is 2.44. The summed E-state index contributed by atoms with van der Waals surface area (Å²) in [5.74, 6) is 0.516. The van der Waals surface area contributed by atoms with E-state index < -0.39 is 0 Å². The molecule has 114 valence electrons. The molecule has 1 aromatic carbocycles. The standard InChI is InChI=1S/C16H26FNO2/c1-3-18-13(2)15-12-14(17)8-9-16(15)20-11-7-5-4-6-10-19/h8-9,12-13,18-19H,3-7,10-11H2,1-2H3. The van der Waals surface area contributed by atoms with Crippen molar-refractivity contribution in [3.63, 3.8) is 0 Å². The molecule has 0 saturated heterocycles. The maximum Gasteiger partial charge on any atom is 0.124 e. The highest BCUT2D eigenvalue weighted by Gasteiger charge is 2.12. The lowest BCUT2D eigenvalue weighted by Crippen LogP contribution is -2.19. The molecule has 2 N–H and O–H groups in total. The normalized spacial score (nSPS) is 12.4. The highest BCUT2D eigenvalue weighted by atomic mass is 19.1. The predicted molar refractivity (Wildman–Crippen MR) is 79.5 cm³/mol. The molecule has 0 heterocycles. The van der Waals surface area contributed by atoms with Crippen molar-refractivity contribution in [3.05, 3.63) is 29.6 Å². The largest absolute Gasteiger partial charge is 0.493 e. The van der Waals surface area contributed by atoms with Gasteiger partial charge in [0.15, 0.2) is 0 Å². The summed E-state index contributed by atoms with van der Waals surface area (Å²) in [5.41, 5.74) is 0.863. The van der Waals surface area contributed by atoms with E-state index in [9.17, 15) is 4.39 Å². The quantitative estimate of drug-likeness (QED) is 0.646. The number of aliphatic hydroxyl groups excluding tert-OH is 1. The third-order valence-corrected chi connectivity index (χ3v) is 3.26. The fraction of sp³-hybridized carbons (Fsp3) is 0.625. The van der Waals surface area contributed by atoms with Crippen molar-refractivity contribution >= 4 is 0 Å². The van der Waals surface area contributed by atoms with Gasteiger partial charge in [0.05, 0.1) is 6.61 Å². The van der Waals surface area contributed by atoms with Crippen LogP contribution in [0.1, 0.15) is 51.1 Å². The van der Waals surface area contributed by atoms with Gasteiger partial charge in [0.25, 0.3) is 0 Å². The molecule has 0 aliphatic heterocycles. The molecule has 0 amide bonds. The van der Waals surface area contributed by atoms with E-state index in [1.807, 2.05) is 13.8 Å². The summed E-state index contributed by atoms with van der Waals surface area (Å²) in [6.45, 7) is 5.74. The molecule has 1 aromatic rings. The minimum Gasteiger partial charge on any atom is -0.493 e. The number of benzene rings is 1. The summed E-state index contributed by atoms with van der Waals surface area (Å²) in [5, 5.41) is 12.0. The molecule has 1 unspecified atom stereocenters. The SMILES string of the molecule is CCNC(C)c1cc(F)ccc1OCCCCCCO. The molecule has 0 aliphatic rings. The molecular formula is C16H26FNO2. The molecule has 0 aliphatic carbocycles. The predicted octanol–water partition coefficient (Wildman–Crippen LogP) is 3.43. The minimum absolute atomic E-state index is 0.0695. The van der Waals surface area contributed by atoms with Crippen LogP contribution in [-0.4, -0.2) is 24.9 Å². The molecule has 0 radical (unpaired) electrons. The molecular weight excluding hydrogens is 257 g/mol. The Morgan fingerprint density at radius 2 is 2.00 bits per heavy atom. The number of hydrogen-bond acceptors (Lipinski definition) is 3. The molecule has 0 fully saturated rings. The fourth-order valence-electron chi connectivity index (χ4n) is 2.15. The summed E-state index contributed by atoms with van der Waals surface area (Å²) in [4.78, 5) is 0. The Kier molecular flexibility index (Phi) is 8.23. The van der Waals surface area contributed by atoms with Crippen molar-refractivity contribution in [2.45, 2.75) is 45.6 Å². The van der Waals surface area contributed by atoms with E-state index >= 15 is 0 Å². The third kappa shape index (κ3) is 5.88. The van der Waals surface area contributed by atoms with Crippen LogP contribution in [0.5, 0.6) is 5.75 Å². The lowest BCUT2D eigenvalue weighted by atomic mass is 10.1. The molecule has 0 spiro atoms. The molecule has 0 saturated carbocycles. The van der Waals surface area contributed by atoms with Gasteiger partial charge in [0.1, 0.15) is 11.6 Å². The Hall–Kier alpha value is -1.13. The third-order valence-electron chi connectivity index (χ3n) is 3.26. The van der Waals surface area contributed by atoms with E-state index in [1.54, 1.807) is 6.07 Å². The molecule has 1 atom stereocenters. The van der Waals surface area contributed by atoms with Gasteiger partial charge >= 0.3 is 0 Å². The first-order valence-corrected chi connectivity index (χ1v) is 7.45. The van der Waals surface area contributed by atoms with Crippen LogP contribution in [0, 0.1) is 5.82 Å². The number of unbranched alkanes of at least 4 members (excludes halogenated alkanes) is 3. The van der Waals surface area contributed by atoms with E-state index in [4.69, 9.17) is 9.84 Å². The maximum absolute atomic E-state index is 13.4. The summed E-state index contributed by atoms with van der Waals surface area (Å²) < 4.78 is 19.1. The molecule has 3 nitrogen and oxygen atoms in total. The van der Waals surface area contributed by atoms with Crippen LogP contribution in [0.15, 0.2) is 18.2 Å². The maximum atomic E-state index is 13.4. The molecule has 0 bridgehead atoms. The molecule has 1 rings (SSSR count). The van der Waals surface area contributed by atoms with Crippen molar-refractivity contribution in [2.75, 3.05) is 19.8 Å². The number of hydrogen-bond donors (Lipinski definition) is 2. The van der Waals surface area contributed by atoms with Crippen LogP contribution >= 0.6 is 0 Å². The van der Waals surface area contributed by atoms with E-state index in [-0.39, 0.29) is 18.5 Å². The van der Waals surface area contributed by atoms with Gasteiger partial charge in [-0.25, -0.2) is 4.39 Å². The summed E-state index contributed by atoms with van der Waals surface area (Å²) in [6.07, 6.45) is 3.86. The number of halogens is 1. The zero-order chi connectivity index (χ0) is 14.8. The van der Waals surface area contributed by atoms with Crippen molar-refractivity contribution in [1.29, 1.82) is 0 Å². The first kappa shape index (κ1) is 16.9. The van der Waals surface area contributed by atoms with Gasteiger partial charge in [-0.2, -0.15) is 0 Å². The highest BCUT2D eigenvalue weighted by molar-refractivity contribution is 5.36.